The summed E-state index contributed by atoms with van der Waals surface area (Å²) in [4.78, 5) is 2.22. The summed E-state index contributed by atoms with van der Waals surface area (Å²) in [6, 6.07) is 11.1. The SMILES string of the molecule is CN1CC[C@@H](Oc2ccc(Cl)cc2Oc2ccc(F)cc2)C1. The van der Waals surface area contributed by atoms with Gasteiger partial charge in [-0.15, -0.1) is 0 Å². The standard InChI is InChI=1S/C17H17ClFNO2/c1-20-9-8-15(11-20)22-16-7-2-12(18)10-17(16)21-14-5-3-13(19)4-6-14/h2-7,10,15H,8-9,11H2,1H3/t15-/m1/s1. The maximum Gasteiger partial charge on any atom is 0.170 e. The van der Waals surface area contributed by atoms with Crippen molar-refractivity contribution >= 4 is 11.6 Å². The van der Waals surface area contributed by atoms with Gasteiger partial charge in [0.15, 0.2) is 11.5 Å². The number of likely N-dealkylation sites (N-methyl/N-ethyl adjacent to an activating group) is 1. The van der Waals surface area contributed by atoms with Gasteiger partial charge in [0.2, 0.25) is 0 Å². The van der Waals surface area contributed by atoms with Crippen LogP contribution in [-0.2, 0) is 0 Å². The van der Waals surface area contributed by atoms with E-state index in [2.05, 4.69) is 11.9 Å². The van der Waals surface area contributed by atoms with Crippen LogP contribution in [0.15, 0.2) is 42.5 Å². The second kappa shape index (κ2) is 6.55. The van der Waals surface area contributed by atoms with Gasteiger partial charge in [-0.25, -0.2) is 4.39 Å². The Balaban J connectivity index is 1.79. The van der Waals surface area contributed by atoms with Crippen LogP contribution < -0.4 is 9.47 Å². The van der Waals surface area contributed by atoms with E-state index in [4.69, 9.17) is 21.1 Å². The third-order valence-corrected chi connectivity index (χ3v) is 3.82. The van der Waals surface area contributed by atoms with Crippen LogP contribution in [0.2, 0.25) is 5.02 Å². The minimum Gasteiger partial charge on any atom is -0.485 e. The summed E-state index contributed by atoms with van der Waals surface area (Å²) in [5.41, 5.74) is 0. The summed E-state index contributed by atoms with van der Waals surface area (Å²) in [5, 5.41) is 0.563. The minimum atomic E-state index is -0.302. The van der Waals surface area contributed by atoms with Crippen molar-refractivity contribution in [2.24, 2.45) is 0 Å². The zero-order valence-electron chi connectivity index (χ0n) is 12.3. The van der Waals surface area contributed by atoms with E-state index in [1.54, 1.807) is 30.3 Å². The van der Waals surface area contributed by atoms with Crippen LogP contribution in [0.3, 0.4) is 0 Å². The van der Waals surface area contributed by atoms with Gasteiger partial charge in [0.1, 0.15) is 17.7 Å². The van der Waals surface area contributed by atoms with Crippen molar-refractivity contribution < 1.29 is 13.9 Å². The Hall–Kier alpha value is -1.78. The number of nitrogens with zero attached hydrogens (tertiary/aromatic N) is 1. The molecule has 1 fully saturated rings. The highest BCUT2D eigenvalue weighted by atomic mass is 35.5. The first-order valence-electron chi connectivity index (χ1n) is 7.18. The molecule has 0 bridgehead atoms. The Bertz CT molecular complexity index is 648. The molecule has 0 aromatic heterocycles. The van der Waals surface area contributed by atoms with Crippen molar-refractivity contribution in [2.45, 2.75) is 12.5 Å². The van der Waals surface area contributed by atoms with Crippen molar-refractivity contribution in [3.63, 3.8) is 0 Å². The van der Waals surface area contributed by atoms with E-state index in [9.17, 15) is 4.39 Å². The van der Waals surface area contributed by atoms with Gasteiger partial charge in [-0.1, -0.05) is 11.6 Å². The lowest BCUT2D eigenvalue weighted by atomic mass is 10.3. The topological polar surface area (TPSA) is 21.7 Å². The molecule has 116 valence electrons. The van der Waals surface area contributed by atoms with E-state index in [1.165, 1.54) is 12.1 Å². The van der Waals surface area contributed by atoms with Gasteiger partial charge in [0.05, 0.1) is 0 Å². The number of rotatable bonds is 4. The maximum absolute atomic E-state index is 13.0. The molecule has 0 N–H and O–H groups in total. The predicted octanol–water partition coefficient (Wildman–Crippen LogP) is 4.35. The van der Waals surface area contributed by atoms with Crippen LogP contribution in [0.5, 0.6) is 17.2 Å². The Labute approximate surface area is 134 Å². The number of ether oxygens (including phenoxy) is 2. The van der Waals surface area contributed by atoms with E-state index >= 15 is 0 Å². The van der Waals surface area contributed by atoms with Gasteiger partial charge >= 0.3 is 0 Å². The van der Waals surface area contributed by atoms with Gasteiger partial charge in [-0.3, -0.25) is 0 Å². The van der Waals surface area contributed by atoms with Crippen LogP contribution >= 0.6 is 11.6 Å². The van der Waals surface area contributed by atoms with Crippen molar-refractivity contribution in [3.05, 3.63) is 53.3 Å². The second-order valence-electron chi connectivity index (χ2n) is 5.44. The molecule has 0 radical (unpaired) electrons. The summed E-state index contributed by atoms with van der Waals surface area (Å²) in [7, 11) is 2.07. The first-order valence-corrected chi connectivity index (χ1v) is 7.56. The quantitative estimate of drug-likeness (QED) is 0.835. The lowest BCUT2D eigenvalue weighted by molar-refractivity contribution is 0.201. The number of hydrogen-bond donors (Lipinski definition) is 0. The van der Waals surface area contributed by atoms with Gasteiger partial charge in [-0.05, 0) is 49.9 Å². The molecule has 0 amide bonds. The Kier molecular flexibility index (Phi) is 4.50. The third-order valence-electron chi connectivity index (χ3n) is 3.59. The van der Waals surface area contributed by atoms with Crippen LogP contribution in [0.4, 0.5) is 4.39 Å². The summed E-state index contributed by atoms with van der Waals surface area (Å²) in [6.45, 7) is 1.91. The van der Waals surface area contributed by atoms with Crippen molar-refractivity contribution in [1.82, 2.24) is 4.90 Å². The van der Waals surface area contributed by atoms with Crippen LogP contribution in [-0.4, -0.2) is 31.1 Å². The molecule has 1 heterocycles. The van der Waals surface area contributed by atoms with E-state index in [-0.39, 0.29) is 11.9 Å². The number of likely N-dealkylation sites (tertiary alicyclic amines) is 1. The smallest absolute Gasteiger partial charge is 0.170 e. The summed E-state index contributed by atoms with van der Waals surface area (Å²) >= 11 is 6.04. The van der Waals surface area contributed by atoms with Crippen LogP contribution in [0.25, 0.3) is 0 Å². The highest BCUT2D eigenvalue weighted by Gasteiger charge is 2.22. The predicted molar refractivity (Wildman–Crippen MR) is 84.5 cm³/mol. The number of hydrogen-bond acceptors (Lipinski definition) is 3. The molecular weight excluding hydrogens is 305 g/mol. The fraction of sp³-hybridized carbons (Fsp3) is 0.294. The van der Waals surface area contributed by atoms with E-state index in [1.807, 2.05) is 0 Å². The average Bonchev–Trinajstić information content (AvgIpc) is 2.90. The fourth-order valence-electron chi connectivity index (χ4n) is 2.46. The van der Waals surface area contributed by atoms with Gasteiger partial charge in [-0.2, -0.15) is 0 Å². The highest BCUT2D eigenvalue weighted by molar-refractivity contribution is 6.30. The molecular formula is C17H17ClFNO2. The molecule has 1 saturated heterocycles. The first-order chi connectivity index (χ1) is 10.6. The molecule has 2 aromatic rings. The van der Waals surface area contributed by atoms with Crippen molar-refractivity contribution in [1.29, 1.82) is 0 Å². The number of benzene rings is 2. The van der Waals surface area contributed by atoms with Gasteiger partial charge < -0.3 is 14.4 Å². The average molecular weight is 322 g/mol. The lowest BCUT2D eigenvalue weighted by Crippen LogP contribution is -2.21. The number of halogens is 2. The lowest BCUT2D eigenvalue weighted by Gasteiger charge is -2.17. The second-order valence-corrected chi connectivity index (χ2v) is 5.87. The molecule has 0 unspecified atom stereocenters. The molecule has 0 aliphatic carbocycles. The molecule has 22 heavy (non-hydrogen) atoms. The molecule has 0 spiro atoms. The molecule has 2 aromatic carbocycles. The first kappa shape index (κ1) is 15.1. The zero-order chi connectivity index (χ0) is 15.5. The molecule has 1 atom stereocenters. The minimum absolute atomic E-state index is 0.141. The fourth-order valence-corrected chi connectivity index (χ4v) is 2.62. The molecule has 5 heteroatoms. The van der Waals surface area contributed by atoms with Crippen LogP contribution in [0, 0.1) is 5.82 Å². The third kappa shape index (κ3) is 3.70. The molecule has 3 nitrogen and oxygen atoms in total. The molecule has 1 aliphatic rings. The normalized spacial score (nSPS) is 18.4. The van der Waals surface area contributed by atoms with Gasteiger partial charge in [0.25, 0.3) is 0 Å². The Morgan fingerprint density at radius 3 is 2.59 bits per heavy atom. The summed E-state index contributed by atoms with van der Waals surface area (Å²) in [6.07, 6.45) is 1.12. The monoisotopic (exact) mass is 321 g/mol. The molecule has 1 aliphatic heterocycles. The molecule has 0 saturated carbocycles. The molecule has 3 rings (SSSR count). The van der Waals surface area contributed by atoms with E-state index in [0.717, 1.165) is 19.5 Å². The highest BCUT2D eigenvalue weighted by Crippen LogP contribution is 2.35. The Morgan fingerprint density at radius 2 is 1.91 bits per heavy atom. The van der Waals surface area contributed by atoms with E-state index < -0.39 is 0 Å². The zero-order valence-corrected chi connectivity index (χ0v) is 13.0. The van der Waals surface area contributed by atoms with E-state index in [0.29, 0.717) is 22.3 Å². The maximum atomic E-state index is 13.0. The van der Waals surface area contributed by atoms with Gasteiger partial charge in [0, 0.05) is 24.2 Å². The largest absolute Gasteiger partial charge is 0.485 e. The summed E-state index contributed by atoms with van der Waals surface area (Å²) < 4.78 is 24.8. The van der Waals surface area contributed by atoms with Crippen molar-refractivity contribution in [3.8, 4) is 17.2 Å². The Morgan fingerprint density at radius 1 is 1.14 bits per heavy atom. The van der Waals surface area contributed by atoms with Crippen LogP contribution in [0.1, 0.15) is 6.42 Å². The summed E-state index contributed by atoms with van der Waals surface area (Å²) in [5.74, 6) is 1.42. The van der Waals surface area contributed by atoms with Crippen molar-refractivity contribution in [2.75, 3.05) is 20.1 Å².